The van der Waals surface area contributed by atoms with Crippen LogP contribution in [0.15, 0.2) is 72.5 Å². The highest BCUT2D eigenvalue weighted by atomic mass is 32.2. The van der Waals surface area contributed by atoms with Gasteiger partial charge in [0.15, 0.2) is 17.2 Å². The molecular formula is C21H22F3N2O4S+. The molecule has 0 saturated carbocycles. The lowest BCUT2D eigenvalue weighted by Crippen LogP contribution is -2.51. The molecule has 0 spiro atoms. The lowest BCUT2D eigenvalue weighted by atomic mass is 10.2. The molecule has 31 heavy (non-hydrogen) atoms. The number of alkyl halides is 3. The van der Waals surface area contributed by atoms with Crippen molar-refractivity contribution < 1.29 is 31.1 Å². The van der Waals surface area contributed by atoms with Crippen molar-refractivity contribution in [3.8, 4) is 17.2 Å². The van der Waals surface area contributed by atoms with E-state index >= 15 is 0 Å². The van der Waals surface area contributed by atoms with Crippen molar-refractivity contribution in [1.29, 1.82) is 0 Å². The Bertz CT molecular complexity index is 1100. The Balaban J connectivity index is 1.94. The average molecular weight is 455 g/mol. The van der Waals surface area contributed by atoms with E-state index in [0.29, 0.717) is 11.3 Å². The van der Waals surface area contributed by atoms with Crippen LogP contribution in [0.3, 0.4) is 0 Å². The summed E-state index contributed by atoms with van der Waals surface area (Å²) >= 11 is 0. The first-order valence-corrected chi connectivity index (χ1v) is 11.0. The SMILES string of the molecule is CCS(=O)(=O)[N+]1(c2ccc(Oc3ccccc3OC(F)(F)F)cc2)C=C(CN)C=CC1. The van der Waals surface area contributed by atoms with Gasteiger partial charge in [-0.2, -0.15) is 12.3 Å². The normalized spacial score (nSPS) is 19.1. The van der Waals surface area contributed by atoms with E-state index < -0.39 is 26.0 Å². The van der Waals surface area contributed by atoms with E-state index in [1.807, 2.05) is 0 Å². The summed E-state index contributed by atoms with van der Waals surface area (Å²) in [6, 6.07) is 11.5. The van der Waals surface area contributed by atoms with Crippen LogP contribution in [0, 0.1) is 0 Å². The van der Waals surface area contributed by atoms with Crippen LogP contribution in [0.25, 0.3) is 0 Å². The lowest BCUT2D eigenvalue weighted by Gasteiger charge is -2.34. The monoisotopic (exact) mass is 455 g/mol. The molecule has 2 N–H and O–H groups in total. The molecule has 0 aromatic heterocycles. The standard InChI is InChI=1S/C21H22F3N2O4S/c1-2-31(27,28)26(13-5-6-16(14-25)15-26)17-9-11-18(12-10-17)29-19-7-3-4-8-20(19)30-21(22,23)24/h3-12,15H,2,13-14,25H2,1H3/q+1. The molecule has 3 rings (SSSR count). The van der Waals surface area contributed by atoms with Crippen molar-refractivity contribution in [1.82, 2.24) is 3.89 Å². The molecule has 1 unspecified atom stereocenters. The summed E-state index contributed by atoms with van der Waals surface area (Å²) in [5, 5.41) is 0. The first-order valence-electron chi connectivity index (χ1n) is 9.42. The fraction of sp³-hybridized carbons (Fsp3) is 0.238. The number of nitrogens with zero attached hydrogens (tertiary/aromatic N) is 1. The first-order chi connectivity index (χ1) is 14.6. The number of benzene rings is 2. The molecule has 1 heterocycles. The van der Waals surface area contributed by atoms with Gasteiger partial charge < -0.3 is 15.2 Å². The molecule has 0 radical (unpaired) electrons. The van der Waals surface area contributed by atoms with E-state index in [2.05, 4.69) is 4.74 Å². The van der Waals surface area contributed by atoms with E-state index in [0.717, 1.165) is 6.07 Å². The second-order valence-corrected chi connectivity index (χ2v) is 9.14. The highest BCUT2D eigenvalue weighted by Crippen LogP contribution is 2.37. The number of sulfonamides is 1. The predicted octanol–water partition coefficient (Wildman–Crippen LogP) is 4.45. The lowest BCUT2D eigenvalue weighted by molar-refractivity contribution is -0.275. The minimum absolute atomic E-state index is 0.0877. The van der Waals surface area contributed by atoms with E-state index in [1.165, 1.54) is 30.3 Å². The average Bonchev–Trinajstić information content (AvgIpc) is 2.74. The molecule has 0 fully saturated rings. The second-order valence-electron chi connectivity index (χ2n) is 6.75. The van der Waals surface area contributed by atoms with Gasteiger partial charge in [0.25, 0.3) is 0 Å². The maximum Gasteiger partial charge on any atom is 0.573 e. The second kappa shape index (κ2) is 8.74. The predicted molar refractivity (Wildman–Crippen MR) is 112 cm³/mol. The van der Waals surface area contributed by atoms with E-state index in [1.54, 1.807) is 37.4 Å². The number of rotatable bonds is 7. The third kappa shape index (κ3) is 4.92. The van der Waals surface area contributed by atoms with Crippen molar-refractivity contribution in [3.63, 3.8) is 0 Å². The van der Waals surface area contributed by atoms with Crippen molar-refractivity contribution >= 4 is 15.7 Å². The smallest absolute Gasteiger partial charge is 0.453 e. The number of para-hydroxylation sites is 2. The van der Waals surface area contributed by atoms with Crippen molar-refractivity contribution in [2.24, 2.45) is 5.73 Å². The van der Waals surface area contributed by atoms with Gasteiger partial charge in [-0.15, -0.1) is 13.2 Å². The van der Waals surface area contributed by atoms with Crippen LogP contribution in [0.2, 0.25) is 0 Å². The Kier molecular flexibility index (Phi) is 6.44. The van der Waals surface area contributed by atoms with Crippen molar-refractivity contribution in [3.05, 3.63) is 72.5 Å². The summed E-state index contributed by atoms with van der Waals surface area (Å²) in [5.41, 5.74) is 6.86. The van der Waals surface area contributed by atoms with Gasteiger partial charge in [-0.3, -0.25) is 0 Å². The third-order valence-electron chi connectivity index (χ3n) is 4.76. The number of hydrogen-bond donors (Lipinski definition) is 1. The molecule has 1 aliphatic heterocycles. The van der Waals surface area contributed by atoms with Crippen molar-refractivity contribution in [2.75, 3.05) is 18.8 Å². The highest BCUT2D eigenvalue weighted by molar-refractivity contribution is 7.91. The minimum atomic E-state index is -4.86. The Morgan fingerprint density at radius 1 is 1.06 bits per heavy atom. The number of ether oxygens (including phenoxy) is 2. The van der Waals surface area contributed by atoms with Crippen LogP contribution >= 0.6 is 0 Å². The van der Waals surface area contributed by atoms with E-state index in [-0.39, 0.29) is 30.3 Å². The molecule has 0 aliphatic carbocycles. The largest absolute Gasteiger partial charge is 0.573 e. The number of hydrogen-bond acceptors (Lipinski definition) is 5. The van der Waals surface area contributed by atoms with Crippen LogP contribution in [-0.2, 0) is 10.0 Å². The maximum absolute atomic E-state index is 13.0. The third-order valence-corrected chi connectivity index (χ3v) is 6.94. The van der Waals surface area contributed by atoms with Gasteiger partial charge in [-0.25, -0.2) is 0 Å². The van der Waals surface area contributed by atoms with Gasteiger partial charge in [0.05, 0.1) is 5.75 Å². The summed E-state index contributed by atoms with van der Waals surface area (Å²) in [5.74, 6) is -0.461. The van der Waals surface area contributed by atoms with Gasteiger partial charge in [0.1, 0.15) is 18.5 Å². The quantitative estimate of drug-likeness (QED) is 0.625. The van der Waals surface area contributed by atoms with Crippen LogP contribution in [0.1, 0.15) is 6.92 Å². The topological polar surface area (TPSA) is 78.6 Å². The van der Waals surface area contributed by atoms with Gasteiger partial charge >= 0.3 is 16.4 Å². The molecule has 2 aromatic carbocycles. The zero-order valence-electron chi connectivity index (χ0n) is 16.7. The van der Waals surface area contributed by atoms with Crippen LogP contribution < -0.4 is 19.1 Å². The number of quaternary nitrogens is 1. The first kappa shape index (κ1) is 22.9. The summed E-state index contributed by atoms with van der Waals surface area (Å²) < 4.78 is 72.9. The molecule has 2 aromatic rings. The maximum atomic E-state index is 13.0. The highest BCUT2D eigenvalue weighted by Gasteiger charge is 2.42. The molecule has 166 valence electrons. The Morgan fingerprint density at radius 3 is 2.29 bits per heavy atom. The number of nitrogens with two attached hydrogens (primary N) is 1. The molecule has 1 atom stereocenters. The van der Waals surface area contributed by atoms with Crippen LogP contribution in [-0.4, -0.2) is 33.6 Å². The summed E-state index contributed by atoms with van der Waals surface area (Å²) in [6.45, 7) is 1.95. The molecular weight excluding hydrogens is 433 g/mol. The molecule has 0 amide bonds. The molecule has 0 bridgehead atoms. The zero-order valence-corrected chi connectivity index (χ0v) is 17.5. The van der Waals surface area contributed by atoms with Gasteiger partial charge in [0, 0.05) is 24.3 Å². The summed E-state index contributed by atoms with van der Waals surface area (Å²) in [4.78, 5) is 0. The summed E-state index contributed by atoms with van der Waals surface area (Å²) in [7, 11) is -3.61. The van der Waals surface area contributed by atoms with Crippen LogP contribution in [0.5, 0.6) is 17.2 Å². The fourth-order valence-electron chi connectivity index (χ4n) is 3.25. The fourth-order valence-corrected chi connectivity index (χ4v) is 4.76. The minimum Gasteiger partial charge on any atom is -0.453 e. The van der Waals surface area contributed by atoms with Gasteiger partial charge in [-0.1, -0.05) is 18.2 Å². The Labute approximate surface area is 178 Å². The molecule has 10 heteroatoms. The molecule has 6 nitrogen and oxygen atoms in total. The van der Waals surface area contributed by atoms with Crippen LogP contribution in [0.4, 0.5) is 18.9 Å². The summed E-state index contributed by atoms with van der Waals surface area (Å²) in [6.07, 6.45) is 0.297. The van der Waals surface area contributed by atoms with Crippen molar-refractivity contribution in [2.45, 2.75) is 13.3 Å². The van der Waals surface area contributed by atoms with E-state index in [9.17, 15) is 21.6 Å². The molecule has 0 saturated heterocycles. The number of halogens is 3. The van der Waals surface area contributed by atoms with Gasteiger partial charge in [0.2, 0.25) is 0 Å². The Morgan fingerprint density at radius 2 is 1.71 bits per heavy atom. The molecule has 1 aliphatic rings. The Hall–Kier alpha value is -2.82. The van der Waals surface area contributed by atoms with Gasteiger partial charge in [-0.05, 0) is 37.3 Å². The van der Waals surface area contributed by atoms with E-state index in [4.69, 9.17) is 10.5 Å². The zero-order chi connectivity index (χ0) is 22.7.